The summed E-state index contributed by atoms with van der Waals surface area (Å²) >= 11 is 0. The Morgan fingerprint density at radius 2 is 2.03 bits per heavy atom. The normalized spacial score (nSPS) is 11.7. The highest BCUT2D eigenvalue weighted by atomic mass is 19.4. The number of hydrogen-bond donors (Lipinski definition) is 2. The number of alkyl halides is 3. The van der Waals surface area contributed by atoms with Crippen molar-refractivity contribution >= 4 is 33.4 Å². The summed E-state index contributed by atoms with van der Waals surface area (Å²) in [6, 6.07) is 11.3. The Balaban J connectivity index is 1.47. The minimum absolute atomic E-state index is 0.0965. The van der Waals surface area contributed by atoms with E-state index in [4.69, 9.17) is 4.74 Å². The lowest BCUT2D eigenvalue weighted by Crippen LogP contribution is -2.07. The Morgan fingerprint density at radius 3 is 2.80 bits per heavy atom. The molecule has 5 nitrogen and oxygen atoms in total. The van der Waals surface area contributed by atoms with Gasteiger partial charge in [-0.1, -0.05) is 18.2 Å². The monoisotopic (exact) mass is 413 g/mol. The highest BCUT2D eigenvalue weighted by molar-refractivity contribution is 6.01. The Morgan fingerprint density at radius 1 is 1.20 bits per heavy atom. The summed E-state index contributed by atoms with van der Waals surface area (Å²) in [4.78, 5) is 18.4. The van der Waals surface area contributed by atoms with E-state index in [0.717, 1.165) is 22.5 Å². The standard InChI is InChI=1S/C22H18F3N3O2/c1-13(29)28-20-12-26-19-6-5-14(9-17(19)20)7-8-30-16-10-15-3-2-4-18(22(23,24)25)21(15)27-11-16/h2-6,9-12,26H,7-8H2,1H3,(H,28,29). The maximum atomic E-state index is 13.1. The molecule has 4 aromatic rings. The second-order valence-corrected chi connectivity index (χ2v) is 6.91. The molecule has 0 bridgehead atoms. The molecule has 0 unspecified atom stereocenters. The quantitative estimate of drug-likeness (QED) is 0.466. The number of carbonyl (C=O) groups excluding carboxylic acids is 1. The number of aromatic nitrogens is 2. The molecule has 4 rings (SSSR count). The summed E-state index contributed by atoms with van der Waals surface area (Å²) in [5.74, 6) is 0.255. The van der Waals surface area contributed by atoms with Crippen LogP contribution >= 0.6 is 0 Å². The van der Waals surface area contributed by atoms with E-state index >= 15 is 0 Å². The molecule has 2 N–H and O–H groups in total. The molecule has 0 aliphatic rings. The fourth-order valence-corrected chi connectivity index (χ4v) is 3.35. The lowest BCUT2D eigenvalue weighted by molar-refractivity contribution is -0.136. The molecule has 0 spiro atoms. The first-order valence-corrected chi connectivity index (χ1v) is 9.27. The summed E-state index contributed by atoms with van der Waals surface area (Å²) in [5.41, 5.74) is 1.76. The van der Waals surface area contributed by atoms with E-state index in [1.165, 1.54) is 19.2 Å². The number of halogens is 3. The Bertz CT molecular complexity index is 1230. The van der Waals surface area contributed by atoms with Crippen LogP contribution in [0, 0.1) is 0 Å². The van der Waals surface area contributed by atoms with Crippen molar-refractivity contribution in [3.63, 3.8) is 0 Å². The van der Waals surface area contributed by atoms with Gasteiger partial charge >= 0.3 is 6.18 Å². The van der Waals surface area contributed by atoms with Crippen molar-refractivity contribution in [2.24, 2.45) is 0 Å². The zero-order chi connectivity index (χ0) is 21.3. The number of anilines is 1. The van der Waals surface area contributed by atoms with Gasteiger partial charge in [0.2, 0.25) is 5.91 Å². The number of H-pyrrole nitrogens is 1. The number of nitrogens with one attached hydrogen (secondary N) is 2. The second-order valence-electron chi connectivity index (χ2n) is 6.91. The lowest BCUT2D eigenvalue weighted by atomic mass is 10.1. The van der Waals surface area contributed by atoms with Crippen molar-refractivity contribution in [1.29, 1.82) is 0 Å². The van der Waals surface area contributed by atoms with Gasteiger partial charge in [0.25, 0.3) is 0 Å². The molecule has 0 fully saturated rings. The first-order chi connectivity index (χ1) is 14.3. The molecular weight excluding hydrogens is 395 g/mol. The van der Waals surface area contributed by atoms with E-state index in [-0.39, 0.29) is 11.4 Å². The van der Waals surface area contributed by atoms with Crippen LogP contribution in [0.25, 0.3) is 21.8 Å². The van der Waals surface area contributed by atoms with E-state index in [1.807, 2.05) is 18.2 Å². The van der Waals surface area contributed by atoms with Gasteiger partial charge in [-0.3, -0.25) is 9.78 Å². The van der Waals surface area contributed by atoms with Gasteiger partial charge in [-0.15, -0.1) is 0 Å². The third-order valence-corrected chi connectivity index (χ3v) is 4.71. The Labute approximate surface area is 169 Å². The first kappa shape index (κ1) is 19.8. The van der Waals surface area contributed by atoms with E-state index in [9.17, 15) is 18.0 Å². The summed E-state index contributed by atoms with van der Waals surface area (Å²) in [6.07, 6.45) is -0.826. The number of aromatic amines is 1. The second kappa shape index (κ2) is 7.70. The topological polar surface area (TPSA) is 67.0 Å². The number of rotatable bonds is 5. The van der Waals surface area contributed by atoms with Crippen LogP contribution in [0.3, 0.4) is 0 Å². The number of hydrogen-bond acceptors (Lipinski definition) is 3. The molecular formula is C22H18F3N3O2. The van der Waals surface area contributed by atoms with Crippen LogP contribution < -0.4 is 10.1 Å². The first-order valence-electron chi connectivity index (χ1n) is 9.27. The molecule has 2 aromatic heterocycles. The summed E-state index contributed by atoms with van der Waals surface area (Å²) < 4.78 is 45.0. The number of nitrogens with zero attached hydrogens (tertiary/aromatic N) is 1. The van der Waals surface area contributed by atoms with Crippen LogP contribution in [-0.2, 0) is 17.4 Å². The fraction of sp³-hybridized carbons (Fsp3) is 0.182. The number of fused-ring (bicyclic) bond motifs is 2. The molecule has 0 aliphatic heterocycles. The maximum Gasteiger partial charge on any atom is 0.418 e. The number of benzene rings is 2. The SMILES string of the molecule is CC(=O)Nc1c[nH]c2ccc(CCOc3cnc4c(C(F)(F)F)cccc4c3)cc12. The molecule has 1 amide bonds. The van der Waals surface area contributed by atoms with Crippen molar-refractivity contribution < 1.29 is 22.7 Å². The maximum absolute atomic E-state index is 13.1. The zero-order valence-corrected chi connectivity index (χ0v) is 16.0. The highest BCUT2D eigenvalue weighted by Crippen LogP contribution is 2.34. The summed E-state index contributed by atoms with van der Waals surface area (Å²) in [7, 11) is 0. The summed E-state index contributed by atoms with van der Waals surface area (Å²) in [6.45, 7) is 1.78. The highest BCUT2D eigenvalue weighted by Gasteiger charge is 2.33. The molecule has 0 aliphatic carbocycles. The molecule has 8 heteroatoms. The predicted molar refractivity (Wildman–Crippen MR) is 109 cm³/mol. The average Bonchev–Trinajstić information content (AvgIpc) is 3.08. The van der Waals surface area contributed by atoms with Gasteiger partial charge < -0.3 is 15.0 Å². The van der Waals surface area contributed by atoms with Crippen LogP contribution in [0.4, 0.5) is 18.9 Å². The molecule has 2 heterocycles. The number of amides is 1. The molecule has 30 heavy (non-hydrogen) atoms. The van der Waals surface area contributed by atoms with Crippen LogP contribution in [0.5, 0.6) is 5.75 Å². The number of ether oxygens (including phenoxy) is 1. The van der Waals surface area contributed by atoms with E-state index in [0.29, 0.717) is 29.9 Å². The molecule has 0 atom stereocenters. The average molecular weight is 413 g/mol. The number of pyridine rings is 1. The van der Waals surface area contributed by atoms with Crippen LogP contribution in [0.15, 0.2) is 54.9 Å². The molecule has 0 saturated heterocycles. The lowest BCUT2D eigenvalue weighted by Gasteiger charge is -2.11. The number of para-hydroxylation sites is 1. The van der Waals surface area contributed by atoms with Gasteiger partial charge in [0.1, 0.15) is 5.75 Å². The van der Waals surface area contributed by atoms with Crippen molar-refractivity contribution in [2.45, 2.75) is 19.5 Å². The minimum atomic E-state index is -4.46. The van der Waals surface area contributed by atoms with Crippen LogP contribution in [0.1, 0.15) is 18.1 Å². The third kappa shape index (κ3) is 4.07. The van der Waals surface area contributed by atoms with Gasteiger partial charge in [-0.05, 0) is 29.8 Å². The van der Waals surface area contributed by atoms with E-state index in [1.54, 1.807) is 18.3 Å². The molecule has 154 valence electrons. The largest absolute Gasteiger partial charge is 0.492 e. The van der Waals surface area contributed by atoms with Gasteiger partial charge in [0.05, 0.1) is 29.6 Å². The van der Waals surface area contributed by atoms with Crippen molar-refractivity contribution in [1.82, 2.24) is 9.97 Å². The predicted octanol–water partition coefficient (Wildman–Crippen LogP) is 5.31. The number of carbonyl (C=O) groups is 1. The third-order valence-electron chi connectivity index (χ3n) is 4.71. The zero-order valence-electron chi connectivity index (χ0n) is 16.0. The van der Waals surface area contributed by atoms with Gasteiger partial charge in [-0.2, -0.15) is 13.2 Å². The van der Waals surface area contributed by atoms with Crippen LogP contribution in [-0.4, -0.2) is 22.5 Å². The minimum Gasteiger partial charge on any atom is -0.492 e. The smallest absolute Gasteiger partial charge is 0.418 e. The molecule has 2 aromatic carbocycles. The molecule has 0 saturated carbocycles. The van der Waals surface area contributed by atoms with E-state index in [2.05, 4.69) is 15.3 Å². The van der Waals surface area contributed by atoms with Crippen molar-refractivity contribution in [3.8, 4) is 5.75 Å². The van der Waals surface area contributed by atoms with Gasteiger partial charge in [0.15, 0.2) is 0 Å². The summed E-state index contributed by atoms with van der Waals surface area (Å²) in [5, 5.41) is 4.05. The fourth-order valence-electron chi connectivity index (χ4n) is 3.35. The van der Waals surface area contributed by atoms with Crippen molar-refractivity contribution in [3.05, 3.63) is 66.0 Å². The Hall–Kier alpha value is -3.55. The Kier molecular flexibility index (Phi) is 5.07. The molecule has 0 radical (unpaired) electrons. The van der Waals surface area contributed by atoms with Gasteiger partial charge in [-0.25, -0.2) is 0 Å². The van der Waals surface area contributed by atoms with Crippen molar-refractivity contribution in [2.75, 3.05) is 11.9 Å². The van der Waals surface area contributed by atoms with E-state index < -0.39 is 11.7 Å². The van der Waals surface area contributed by atoms with Crippen LogP contribution in [0.2, 0.25) is 0 Å². The van der Waals surface area contributed by atoms with Gasteiger partial charge in [0, 0.05) is 35.8 Å².